The summed E-state index contributed by atoms with van der Waals surface area (Å²) in [4.78, 5) is 3.79. The summed E-state index contributed by atoms with van der Waals surface area (Å²) < 4.78 is 39.0. The molecule has 3 nitrogen and oxygen atoms in total. The molecule has 0 aromatic carbocycles. The molecule has 1 atom stereocenters. The van der Waals surface area contributed by atoms with Crippen LogP contribution in [-0.4, -0.2) is 17.6 Å². The van der Waals surface area contributed by atoms with Crippen molar-refractivity contribution in [3.05, 3.63) is 22.3 Å². The number of hydrogen-bond donors (Lipinski definition) is 2. The summed E-state index contributed by atoms with van der Waals surface area (Å²) in [6, 6.07) is 0.814. The Morgan fingerprint density at radius 3 is 2.45 bits per heavy atom. The van der Waals surface area contributed by atoms with Gasteiger partial charge >= 0.3 is 6.18 Å². The highest BCUT2D eigenvalue weighted by molar-refractivity contribution is 9.10. The second kappa shape index (κ2) is 7.26. The van der Waals surface area contributed by atoms with Crippen molar-refractivity contribution < 1.29 is 13.2 Å². The SMILES string of the molecule is CCC(CC)C(N)CNc1ncc(Br)cc1C(F)(F)F. The van der Waals surface area contributed by atoms with Crippen molar-refractivity contribution in [3.63, 3.8) is 0 Å². The first-order chi connectivity index (χ1) is 9.29. The molecule has 0 spiro atoms. The van der Waals surface area contributed by atoms with Crippen LogP contribution < -0.4 is 11.1 Å². The Kier molecular flexibility index (Phi) is 6.26. The van der Waals surface area contributed by atoms with Gasteiger partial charge < -0.3 is 11.1 Å². The zero-order valence-corrected chi connectivity index (χ0v) is 13.1. The molecular formula is C13H19BrF3N3. The maximum atomic E-state index is 12.9. The number of anilines is 1. The maximum absolute atomic E-state index is 12.9. The first kappa shape index (κ1) is 17.2. The molecule has 1 unspecified atom stereocenters. The lowest BCUT2D eigenvalue weighted by atomic mass is 9.95. The molecule has 7 heteroatoms. The lowest BCUT2D eigenvalue weighted by Crippen LogP contribution is -2.36. The molecule has 0 saturated heterocycles. The third kappa shape index (κ3) is 4.63. The van der Waals surface area contributed by atoms with Crippen molar-refractivity contribution in [1.29, 1.82) is 0 Å². The minimum absolute atomic E-state index is 0.179. The number of halogens is 4. The van der Waals surface area contributed by atoms with E-state index in [2.05, 4.69) is 26.2 Å². The van der Waals surface area contributed by atoms with E-state index in [1.165, 1.54) is 6.20 Å². The minimum Gasteiger partial charge on any atom is -0.368 e. The van der Waals surface area contributed by atoms with E-state index in [0.29, 0.717) is 4.47 Å². The molecule has 1 aromatic rings. The molecule has 0 fully saturated rings. The van der Waals surface area contributed by atoms with Crippen LogP contribution in [0.4, 0.5) is 19.0 Å². The van der Waals surface area contributed by atoms with Crippen LogP contribution >= 0.6 is 15.9 Å². The number of pyridine rings is 1. The topological polar surface area (TPSA) is 50.9 Å². The van der Waals surface area contributed by atoms with Crippen molar-refractivity contribution in [2.75, 3.05) is 11.9 Å². The van der Waals surface area contributed by atoms with Crippen LogP contribution in [0.1, 0.15) is 32.3 Å². The summed E-state index contributed by atoms with van der Waals surface area (Å²) in [6.07, 6.45) is -1.31. The predicted octanol–water partition coefficient (Wildman–Crippen LogP) is 4.04. The minimum atomic E-state index is -4.45. The van der Waals surface area contributed by atoms with E-state index < -0.39 is 11.7 Å². The van der Waals surface area contributed by atoms with Crippen molar-refractivity contribution in [1.82, 2.24) is 4.98 Å². The number of alkyl halides is 3. The summed E-state index contributed by atoms with van der Waals surface area (Å²) >= 11 is 3.00. The van der Waals surface area contributed by atoms with Gasteiger partial charge in [0.1, 0.15) is 5.82 Å². The molecule has 0 radical (unpaired) electrons. The monoisotopic (exact) mass is 353 g/mol. The summed E-state index contributed by atoms with van der Waals surface area (Å²) in [5.41, 5.74) is 5.21. The zero-order valence-electron chi connectivity index (χ0n) is 11.5. The largest absolute Gasteiger partial charge is 0.419 e. The van der Waals surface area contributed by atoms with Gasteiger partial charge in [-0.05, 0) is 27.9 Å². The Morgan fingerprint density at radius 2 is 1.95 bits per heavy atom. The number of aromatic nitrogens is 1. The fraction of sp³-hybridized carbons (Fsp3) is 0.615. The summed E-state index contributed by atoms with van der Waals surface area (Å²) in [7, 11) is 0. The molecule has 20 heavy (non-hydrogen) atoms. The highest BCUT2D eigenvalue weighted by Gasteiger charge is 2.34. The molecular weight excluding hydrogens is 335 g/mol. The van der Waals surface area contributed by atoms with Gasteiger partial charge in [0, 0.05) is 23.3 Å². The second-order valence-electron chi connectivity index (χ2n) is 4.67. The van der Waals surface area contributed by atoms with E-state index in [-0.39, 0.29) is 24.3 Å². The Balaban J connectivity index is 2.83. The first-order valence-corrected chi connectivity index (χ1v) is 7.31. The van der Waals surface area contributed by atoms with Crippen molar-refractivity contribution in [2.24, 2.45) is 11.7 Å². The highest BCUT2D eigenvalue weighted by atomic mass is 79.9. The van der Waals surface area contributed by atoms with Gasteiger partial charge in [0.2, 0.25) is 0 Å². The predicted molar refractivity (Wildman–Crippen MR) is 77.5 cm³/mol. The highest BCUT2D eigenvalue weighted by Crippen LogP contribution is 2.35. The first-order valence-electron chi connectivity index (χ1n) is 6.51. The van der Waals surface area contributed by atoms with Crippen molar-refractivity contribution in [2.45, 2.75) is 38.9 Å². The van der Waals surface area contributed by atoms with Gasteiger partial charge in [0.05, 0.1) is 5.56 Å². The molecule has 0 aliphatic heterocycles. The number of nitrogens with zero attached hydrogens (tertiary/aromatic N) is 1. The van der Waals surface area contributed by atoms with E-state index >= 15 is 0 Å². The standard InChI is InChI=1S/C13H19BrF3N3/c1-3-8(4-2)11(18)7-20-12-10(13(15,16)17)5-9(14)6-19-12/h5-6,8,11H,3-4,7,18H2,1-2H3,(H,19,20). The number of rotatable bonds is 6. The lowest BCUT2D eigenvalue weighted by molar-refractivity contribution is -0.137. The Bertz CT molecular complexity index is 433. The van der Waals surface area contributed by atoms with Crippen LogP contribution in [-0.2, 0) is 6.18 Å². The average Bonchev–Trinajstić information content (AvgIpc) is 2.37. The molecule has 0 aliphatic carbocycles. The quantitative estimate of drug-likeness (QED) is 0.811. The molecule has 1 rings (SSSR count). The Morgan fingerprint density at radius 1 is 1.35 bits per heavy atom. The van der Waals surface area contributed by atoms with Crippen molar-refractivity contribution in [3.8, 4) is 0 Å². The molecule has 0 amide bonds. The second-order valence-corrected chi connectivity index (χ2v) is 5.58. The molecule has 114 valence electrons. The van der Waals surface area contributed by atoms with Crippen LogP contribution in [0.3, 0.4) is 0 Å². The zero-order chi connectivity index (χ0) is 15.3. The molecule has 3 N–H and O–H groups in total. The van der Waals surface area contributed by atoms with Gasteiger partial charge in [-0.15, -0.1) is 0 Å². The molecule has 0 aliphatic rings. The Labute approximate surface area is 125 Å². The summed E-state index contributed by atoms with van der Waals surface area (Å²) in [5, 5.41) is 2.72. The van der Waals surface area contributed by atoms with Gasteiger partial charge in [-0.2, -0.15) is 13.2 Å². The van der Waals surface area contributed by atoms with Crippen LogP contribution in [0.25, 0.3) is 0 Å². The van der Waals surface area contributed by atoms with E-state index in [1.54, 1.807) is 0 Å². The van der Waals surface area contributed by atoms with Gasteiger partial charge in [-0.3, -0.25) is 0 Å². The molecule has 0 bridgehead atoms. The number of nitrogens with two attached hydrogens (primary N) is 1. The van der Waals surface area contributed by atoms with Crippen molar-refractivity contribution >= 4 is 21.7 Å². The number of nitrogens with one attached hydrogen (secondary N) is 1. The van der Waals surface area contributed by atoms with Crippen LogP contribution in [0, 0.1) is 5.92 Å². The molecule has 0 saturated carbocycles. The third-order valence-corrected chi connectivity index (χ3v) is 3.75. The fourth-order valence-electron chi connectivity index (χ4n) is 2.07. The maximum Gasteiger partial charge on any atom is 0.419 e. The van der Waals surface area contributed by atoms with E-state index in [9.17, 15) is 13.2 Å². The van der Waals surface area contributed by atoms with Crippen LogP contribution in [0.5, 0.6) is 0 Å². The van der Waals surface area contributed by atoms with Gasteiger partial charge in [-0.25, -0.2) is 4.98 Å². The fourth-order valence-corrected chi connectivity index (χ4v) is 2.40. The van der Waals surface area contributed by atoms with E-state index in [1.807, 2.05) is 13.8 Å². The van der Waals surface area contributed by atoms with E-state index in [4.69, 9.17) is 5.73 Å². The van der Waals surface area contributed by atoms with Crippen LogP contribution in [0.2, 0.25) is 0 Å². The normalized spacial score (nSPS) is 13.6. The summed E-state index contributed by atoms with van der Waals surface area (Å²) in [6.45, 7) is 4.31. The third-order valence-electron chi connectivity index (χ3n) is 3.32. The molecule has 1 heterocycles. The van der Waals surface area contributed by atoms with Gasteiger partial charge in [0.15, 0.2) is 0 Å². The smallest absolute Gasteiger partial charge is 0.368 e. The Hall–Kier alpha value is -0.820. The van der Waals surface area contributed by atoms with Gasteiger partial charge in [0.25, 0.3) is 0 Å². The average molecular weight is 354 g/mol. The van der Waals surface area contributed by atoms with Gasteiger partial charge in [-0.1, -0.05) is 26.7 Å². The lowest BCUT2D eigenvalue weighted by Gasteiger charge is -2.22. The van der Waals surface area contributed by atoms with E-state index in [0.717, 1.165) is 18.9 Å². The summed E-state index contributed by atoms with van der Waals surface area (Å²) in [5.74, 6) is 0.106. The number of hydrogen-bond acceptors (Lipinski definition) is 3. The molecule has 1 aromatic heterocycles. The van der Waals surface area contributed by atoms with Crippen LogP contribution in [0.15, 0.2) is 16.7 Å².